The lowest BCUT2D eigenvalue weighted by Crippen LogP contribution is -2.39. The smallest absolute Gasteiger partial charge is 0.234 e. The largest absolute Gasteiger partial charge is 0.343 e. The first-order chi connectivity index (χ1) is 11.7. The molecule has 2 aromatic rings. The van der Waals surface area contributed by atoms with Crippen LogP contribution in [0.4, 0.5) is 0 Å². The van der Waals surface area contributed by atoms with Gasteiger partial charge in [0, 0.05) is 4.88 Å². The van der Waals surface area contributed by atoms with Gasteiger partial charge in [-0.25, -0.2) is 0 Å². The summed E-state index contributed by atoms with van der Waals surface area (Å²) in [5.41, 5.74) is 2.38. The van der Waals surface area contributed by atoms with Crippen LogP contribution < -0.4 is 5.32 Å². The highest BCUT2D eigenvalue weighted by molar-refractivity contribution is 7.10. The van der Waals surface area contributed by atoms with Crippen molar-refractivity contribution in [3.05, 3.63) is 57.8 Å². The number of hydrogen-bond acceptors (Lipinski definition) is 3. The molecule has 1 aliphatic rings. The van der Waals surface area contributed by atoms with Gasteiger partial charge in [-0.1, -0.05) is 48.7 Å². The van der Waals surface area contributed by atoms with Gasteiger partial charge in [-0.15, -0.1) is 11.3 Å². The molecular weight excluding hydrogens is 316 g/mol. The van der Waals surface area contributed by atoms with E-state index in [-0.39, 0.29) is 11.9 Å². The molecule has 1 aromatic carbocycles. The maximum absolute atomic E-state index is 12.6. The average molecular weight is 343 g/mol. The summed E-state index contributed by atoms with van der Waals surface area (Å²) in [4.78, 5) is 16.1. The summed E-state index contributed by atoms with van der Waals surface area (Å²) in [5.74, 6) is 0.121. The van der Waals surface area contributed by atoms with Crippen LogP contribution in [-0.2, 0) is 4.79 Å². The van der Waals surface area contributed by atoms with E-state index in [2.05, 4.69) is 52.9 Å². The van der Waals surface area contributed by atoms with Crippen molar-refractivity contribution in [2.75, 3.05) is 19.6 Å². The normalized spacial score (nSPS) is 17.2. The second kappa shape index (κ2) is 8.45. The number of nitrogens with one attached hydrogen (secondary N) is 1. The van der Waals surface area contributed by atoms with E-state index in [1.807, 2.05) is 6.07 Å². The molecule has 1 atom stereocenters. The number of rotatable bonds is 5. The number of amides is 1. The fourth-order valence-electron chi connectivity index (χ4n) is 3.24. The van der Waals surface area contributed by atoms with E-state index in [4.69, 9.17) is 0 Å². The Morgan fingerprint density at radius 2 is 1.83 bits per heavy atom. The lowest BCUT2D eigenvalue weighted by Gasteiger charge is -2.23. The zero-order valence-electron chi connectivity index (χ0n) is 14.3. The van der Waals surface area contributed by atoms with Crippen LogP contribution in [0.5, 0.6) is 0 Å². The molecule has 1 aromatic heterocycles. The van der Waals surface area contributed by atoms with Crippen molar-refractivity contribution in [1.82, 2.24) is 10.2 Å². The highest BCUT2D eigenvalue weighted by Crippen LogP contribution is 2.26. The van der Waals surface area contributed by atoms with Gasteiger partial charge in [0.2, 0.25) is 5.91 Å². The summed E-state index contributed by atoms with van der Waals surface area (Å²) in [6.07, 6.45) is 5.00. The quantitative estimate of drug-likeness (QED) is 0.886. The molecule has 0 saturated carbocycles. The molecule has 3 nitrogen and oxygen atoms in total. The van der Waals surface area contributed by atoms with E-state index in [0.717, 1.165) is 18.7 Å². The standard InChI is InChI=1S/C20H26N2OS/c1-16-8-10-17(11-9-16)20(18-7-6-14-24-18)21-19(23)15-22-12-4-2-3-5-13-22/h6-11,14,20H,2-5,12-13,15H2,1H3,(H,21,23). The number of benzene rings is 1. The van der Waals surface area contributed by atoms with E-state index >= 15 is 0 Å². The zero-order valence-corrected chi connectivity index (χ0v) is 15.1. The van der Waals surface area contributed by atoms with Gasteiger partial charge in [0.15, 0.2) is 0 Å². The first kappa shape index (κ1) is 17.2. The molecular formula is C20H26N2OS. The Morgan fingerprint density at radius 1 is 1.12 bits per heavy atom. The summed E-state index contributed by atoms with van der Waals surface area (Å²) < 4.78 is 0. The van der Waals surface area contributed by atoms with Crippen LogP contribution in [0.2, 0.25) is 0 Å². The molecule has 2 heterocycles. The molecule has 4 heteroatoms. The lowest BCUT2D eigenvalue weighted by molar-refractivity contribution is -0.122. The molecule has 24 heavy (non-hydrogen) atoms. The van der Waals surface area contributed by atoms with Gasteiger partial charge in [0.25, 0.3) is 0 Å². The third kappa shape index (κ3) is 4.68. The van der Waals surface area contributed by atoms with Crippen molar-refractivity contribution in [3.8, 4) is 0 Å². The Hall–Kier alpha value is -1.65. The minimum atomic E-state index is -0.0509. The zero-order chi connectivity index (χ0) is 16.8. The first-order valence-electron chi connectivity index (χ1n) is 8.84. The van der Waals surface area contributed by atoms with Crippen molar-refractivity contribution < 1.29 is 4.79 Å². The van der Waals surface area contributed by atoms with Gasteiger partial charge >= 0.3 is 0 Å². The van der Waals surface area contributed by atoms with Crippen molar-refractivity contribution in [1.29, 1.82) is 0 Å². The monoisotopic (exact) mass is 342 g/mol. The fraction of sp³-hybridized carbons (Fsp3) is 0.450. The van der Waals surface area contributed by atoms with Crippen molar-refractivity contribution in [2.24, 2.45) is 0 Å². The lowest BCUT2D eigenvalue weighted by atomic mass is 10.0. The van der Waals surface area contributed by atoms with E-state index in [1.54, 1.807) is 11.3 Å². The van der Waals surface area contributed by atoms with Crippen LogP contribution in [0.15, 0.2) is 41.8 Å². The molecule has 1 unspecified atom stereocenters. The summed E-state index contributed by atoms with van der Waals surface area (Å²) >= 11 is 1.69. The van der Waals surface area contributed by atoms with Crippen molar-refractivity contribution >= 4 is 17.2 Å². The summed E-state index contributed by atoms with van der Waals surface area (Å²) in [6.45, 7) is 4.68. The number of nitrogens with zero attached hydrogens (tertiary/aromatic N) is 1. The number of carbonyl (C=O) groups is 1. The average Bonchev–Trinajstić information content (AvgIpc) is 2.99. The third-order valence-corrected chi connectivity index (χ3v) is 5.55. The fourth-order valence-corrected chi connectivity index (χ4v) is 4.04. The summed E-state index contributed by atoms with van der Waals surface area (Å²) in [7, 11) is 0. The van der Waals surface area contributed by atoms with E-state index in [0.29, 0.717) is 6.54 Å². The molecule has 1 amide bonds. The van der Waals surface area contributed by atoms with Gasteiger partial charge < -0.3 is 5.32 Å². The van der Waals surface area contributed by atoms with Crippen LogP contribution in [0.1, 0.15) is 47.7 Å². The van der Waals surface area contributed by atoms with Gasteiger partial charge in [0.05, 0.1) is 12.6 Å². The number of aryl methyl sites for hydroxylation is 1. The van der Waals surface area contributed by atoms with Gasteiger partial charge in [0.1, 0.15) is 0 Å². The number of carbonyl (C=O) groups excluding carboxylic acids is 1. The predicted molar refractivity (Wildman–Crippen MR) is 100 cm³/mol. The van der Waals surface area contributed by atoms with Crippen molar-refractivity contribution in [3.63, 3.8) is 0 Å². The molecule has 0 radical (unpaired) electrons. The van der Waals surface area contributed by atoms with Crippen molar-refractivity contribution in [2.45, 2.75) is 38.6 Å². The minimum absolute atomic E-state index is 0.0509. The molecule has 0 bridgehead atoms. The van der Waals surface area contributed by atoms with Crippen LogP contribution in [0, 0.1) is 6.92 Å². The maximum atomic E-state index is 12.6. The Morgan fingerprint density at radius 3 is 2.46 bits per heavy atom. The molecule has 0 spiro atoms. The molecule has 1 aliphatic heterocycles. The number of likely N-dealkylation sites (tertiary alicyclic amines) is 1. The van der Waals surface area contributed by atoms with Crippen LogP contribution >= 0.6 is 11.3 Å². The maximum Gasteiger partial charge on any atom is 0.234 e. The van der Waals surface area contributed by atoms with E-state index in [1.165, 1.54) is 36.1 Å². The molecule has 1 saturated heterocycles. The Bertz CT molecular complexity index is 628. The van der Waals surface area contributed by atoms with Gasteiger partial charge in [-0.2, -0.15) is 0 Å². The van der Waals surface area contributed by atoms with E-state index < -0.39 is 0 Å². The third-order valence-electron chi connectivity index (χ3n) is 4.61. The Labute approximate surface area is 148 Å². The Kier molecular flexibility index (Phi) is 6.05. The molecule has 1 N–H and O–H groups in total. The highest BCUT2D eigenvalue weighted by Gasteiger charge is 2.20. The number of hydrogen-bond donors (Lipinski definition) is 1. The minimum Gasteiger partial charge on any atom is -0.343 e. The first-order valence-corrected chi connectivity index (χ1v) is 9.72. The van der Waals surface area contributed by atoms with Crippen LogP contribution in [0.3, 0.4) is 0 Å². The second-order valence-electron chi connectivity index (χ2n) is 6.62. The van der Waals surface area contributed by atoms with Crippen LogP contribution in [0.25, 0.3) is 0 Å². The summed E-state index contributed by atoms with van der Waals surface area (Å²) in [6, 6.07) is 12.5. The molecule has 1 fully saturated rings. The molecule has 3 rings (SSSR count). The predicted octanol–water partition coefficient (Wildman–Crippen LogP) is 4.14. The SMILES string of the molecule is Cc1ccc(C(NC(=O)CN2CCCCCC2)c2cccs2)cc1. The van der Waals surface area contributed by atoms with Gasteiger partial charge in [-0.05, 0) is 49.9 Å². The second-order valence-corrected chi connectivity index (χ2v) is 7.60. The van der Waals surface area contributed by atoms with Gasteiger partial charge in [-0.3, -0.25) is 9.69 Å². The molecule has 0 aliphatic carbocycles. The number of thiophene rings is 1. The Balaban J connectivity index is 1.69. The van der Waals surface area contributed by atoms with E-state index in [9.17, 15) is 4.79 Å². The summed E-state index contributed by atoms with van der Waals surface area (Å²) in [5, 5.41) is 5.32. The van der Waals surface area contributed by atoms with Crippen LogP contribution in [-0.4, -0.2) is 30.4 Å². The highest BCUT2D eigenvalue weighted by atomic mass is 32.1. The molecule has 128 valence electrons. The topological polar surface area (TPSA) is 32.3 Å².